The number of benzene rings is 3. The van der Waals surface area contributed by atoms with Crippen LogP contribution in [-0.4, -0.2) is 18.7 Å². The predicted molar refractivity (Wildman–Crippen MR) is 151 cm³/mol. The lowest BCUT2D eigenvalue weighted by molar-refractivity contribution is -0.120. The van der Waals surface area contributed by atoms with Crippen LogP contribution in [0.5, 0.6) is 11.5 Å². The molecule has 0 aliphatic heterocycles. The Morgan fingerprint density at radius 2 is 1.67 bits per heavy atom. The molecule has 2 unspecified atom stereocenters. The van der Waals surface area contributed by atoms with Gasteiger partial charge >= 0.3 is 0 Å². The summed E-state index contributed by atoms with van der Waals surface area (Å²) in [6.07, 6.45) is 0.992. The molecular weight excluding hydrogens is 561 g/mol. The summed E-state index contributed by atoms with van der Waals surface area (Å²) in [7, 11) is 1.60. The maximum Gasteiger partial charge on any atom is 0.298 e. The van der Waals surface area contributed by atoms with Crippen LogP contribution in [0.4, 0.5) is 0 Å². The third-order valence-electron chi connectivity index (χ3n) is 7.08. The number of rotatable bonds is 10. The number of ether oxygens (including phenoxy) is 3. The van der Waals surface area contributed by atoms with Gasteiger partial charge in [0.15, 0.2) is 5.76 Å². The Hall–Kier alpha value is -3.03. The molecule has 5 rings (SSSR count). The van der Waals surface area contributed by atoms with Crippen molar-refractivity contribution in [1.29, 1.82) is 0 Å². The molecule has 0 spiro atoms. The van der Waals surface area contributed by atoms with Gasteiger partial charge in [-0.1, -0.05) is 64.2 Å². The average molecular weight is 587 g/mol. The SMILES string of the molecule is COC(C)(C)c1onc(-c2c(Cl)cccc2Cl)c1COc1ccc(C2CC2c2ccc(OC=O)cc2)c(Cl)c1. The van der Waals surface area contributed by atoms with Gasteiger partial charge in [-0.3, -0.25) is 4.79 Å². The molecule has 0 amide bonds. The predicted octanol–water partition coefficient (Wildman–Crippen LogP) is 8.57. The number of halogens is 3. The zero-order valence-electron chi connectivity index (χ0n) is 21.5. The molecule has 0 radical (unpaired) electrons. The number of carbonyl (C=O) groups is 1. The molecule has 0 bridgehead atoms. The summed E-state index contributed by atoms with van der Waals surface area (Å²) in [5.74, 6) is 2.32. The summed E-state index contributed by atoms with van der Waals surface area (Å²) < 4.78 is 22.5. The molecule has 2 atom stereocenters. The first-order valence-corrected chi connectivity index (χ1v) is 13.5. The van der Waals surface area contributed by atoms with Crippen molar-refractivity contribution < 1.29 is 23.5 Å². The monoisotopic (exact) mass is 585 g/mol. The summed E-state index contributed by atoms with van der Waals surface area (Å²) in [5.41, 5.74) is 3.23. The normalized spacial score (nSPS) is 16.7. The molecule has 1 aliphatic rings. The number of carbonyl (C=O) groups excluding carboxylic acids is 1. The van der Waals surface area contributed by atoms with Crippen LogP contribution in [0.25, 0.3) is 11.3 Å². The first-order valence-electron chi connectivity index (χ1n) is 12.3. The highest BCUT2D eigenvalue weighted by Crippen LogP contribution is 2.56. The molecule has 0 N–H and O–H groups in total. The van der Waals surface area contributed by atoms with E-state index in [1.807, 2.05) is 44.2 Å². The van der Waals surface area contributed by atoms with Crippen molar-refractivity contribution in [3.05, 3.63) is 98.2 Å². The van der Waals surface area contributed by atoms with Crippen molar-refractivity contribution in [1.82, 2.24) is 5.16 Å². The van der Waals surface area contributed by atoms with E-state index in [4.69, 9.17) is 53.5 Å². The number of methoxy groups -OCH3 is 1. The fourth-order valence-electron chi connectivity index (χ4n) is 4.74. The van der Waals surface area contributed by atoms with Crippen molar-refractivity contribution in [3.63, 3.8) is 0 Å². The Balaban J connectivity index is 1.36. The summed E-state index contributed by atoms with van der Waals surface area (Å²) in [4.78, 5) is 10.5. The molecule has 0 saturated heterocycles. The molecule has 1 heterocycles. The second-order valence-corrected chi connectivity index (χ2v) is 11.1. The van der Waals surface area contributed by atoms with Crippen molar-refractivity contribution >= 4 is 41.3 Å². The van der Waals surface area contributed by atoms with Crippen LogP contribution in [0.3, 0.4) is 0 Å². The lowest BCUT2D eigenvalue weighted by Crippen LogP contribution is -2.21. The van der Waals surface area contributed by atoms with Crippen LogP contribution in [0, 0.1) is 0 Å². The van der Waals surface area contributed by atoms with Gasteiger partial charge in [-0.15, -0.1) is 0 Å². The Morgan fingerprint density at radius 1 is 0.974 bits per heavy atom. The van der Waals surface area contributed by atoms with Gasteiger partial charge in [0.05, 0.1) is 15.6 Å². The average Bonchev–Trinajstić information content (AvgIpc) is 3.59. The number of hydrogen-bond donors (Lipinski definition) is 0. The van der Waals surface area contributed by atoms with Gasteiger partial charge in [0.1, 0.15) is 29.4 Å². The second-order valence-electron chi connectivity index (χ2n) is 9.85. The third-order valence-corrected chi connectivity index (χ3v) is 8.04. The molecule has 202 valence electrons. The fraction of sp³-hybridized carbons (Fsp3) is 0.267. The quantitative estimate of drug-likeness (QED) is 0.173. The van der Waals surface area contributed by atoms with Crippen molar-refractivity contribution in [3.8, 4) is 22.8 Å². The Labute approximate surface area is 241 Å². The highest BCUT2D eigenvalue weighted by atomic mass is 35.5. The number of hydrogen-bond acceptors (Lipinski definition) is 6. The summed E-state index contributed by atoms with van der Waals surface area (Å²) in [6, 6.07) is 18.6. The summed E-state index contributed by atoms with van der Waals surface area (Å²) >= 11 is 19.7. The van der Waals surface area contributed by atoms with Crippen LogP contribution >= 0.6 is 34.8 Å². The van der Waals surface area contributed by atoms with E-state index in [2.05, 4.69) is 5.16 Å². The van der Waals surface area contributed by atoms with Gasteiger partial charge in [-0.2, -0.15) is 0 Å². The first kappa shape index (κ1) is 27.5. The second kappa shape index (κ2) is 11.2. The maximum absolute atomic E-state index is 10.5. The first-order chi connectivity index (χ1) is 18.7. The van der Waals surface area contributed by atoms with E-state index < -0.39 is 5.60 Å². The Bertz CT molecular complexity index is 1480. The minimum atomic E-state index is -0.766. The van der Waals surface area contributed by atoms with Crippen LogP contribution in [0.15, 0.2) is 65.2 Å². The van der Waals surface area contributed by atoms with Gasteiger partial charge < -0.3 is 18.7 Å². The molecule has 9 heteroatoms. The number of aromatic nitrogens is 1. The van der Waals surface area contributed by atoms with Crippen LogP contribution in [-0.2, 0) is 21.7 Å². The lowest BCUT2D eigenvalue weighted by Gasteiger charge is -2.21. The van der Waals surface area contributed by atoms with E-state index in [-0.39, 0.29) is 6.61 Å². The van der Waals surface area contributed by atoms with Gasteiger partial charge in [-0.25, -0.2) is 0 Å². The van der Waals surface area contributed by atoms with E-state index in [1.54, 1.807) is 37.4 Å². The minimum Gasteiger partial charge on any atom is -0.489 e. The van der Waals surface area contributed by atoms with E-state index in [1.165, 1.54) is 5.56 Å². The van der Waals surface area contributed by atoms with Crippen molar-refractivity contribution in [2.24, 2.45) is 0 Å². The van der Waals surface area contributed by atoms with Gasteiger partial charge in [0.2, 0.25) is 0 Å². The van der Waals surface area contributed by atoms with Gasteiger partial charge in [0, 0.05) is 17.7 Å². The van der Waals surface area contributed by atoms with E-state index in [0.29, 0.717) is 67.5 Å². The van der Waals surface area contributed by atoms with Crippen LogP contribution < -0.4 is 9.47 Å². The summed E-state index contributed by atoms with van der Waals surface area (Å²) in [5, 5.41) is 5.84. The van der Waals surface area contributed by atoms with E-state index in [9.17, 15) is 4.79 Å². The maximum atomic E-state index is 10.5. The topological polar surface area (TPSA) is 70.8 Å². The van der Waals surface area contributed by atoms with Gasteiger partial charge in [0.25, 0.3) is 6.47 Å². The summed E-state index contributed by atoms with van der Waals surface area (Å²) in [6.45, 7) is 4.33. The Morgan fingerprint density at radius 3 is 2.31 bits per heavy atom. The largest absolute Gasteiger partial charge is 0.489 e. The highest BCUT2D eigenvalue weighted by molar-refractivity contribution is 6.39. The molecule has 1 fully saturated rings. The van der Waals surface area contributed by atoms with Gasteiger partial charge in [-0.05, 0) is 79.6 Å². The Kier molecular flexibility index (Phi) is 7.92. The molecule has 4 aromatic rings. The van der Waals surface area contributed by atoms with Crippen molar-refractivity contribution in [2.75, 3.05) is 7.11 Å². The minimum absolute atomic E-state index is 0.138. The smallest absolute Gasteiger partial charge is 0.298 e. The van der Waals surface area contributed by atoms with E-state index >= 15 is 0 Å². The lowest BCUT2D eigenvalue weighted by atomic mass is 9.98. The molecular formula is C30H26Cl3NO5. The molecule has 3 aromatic carbocycles. The van der Waals surface area contributed by atoms with Crippen LogP contribution in [0.2, 0.25) is 15.1 Å². The molecule has 39 heavy (non-hydrogen) atoms. The molecule has 1 aliphatic carbocycles. The zero-order chi connectivity index (χ0) is 27.7. The molecule has 1 aromatic heterocycles. The molecule has 1 saturated carbocycles. The third kappa shape index (κ3) is 5.66. The van der Waals surface area contributed by atoms with Crippen molar-refractivity contribution in [2.45, 2.75) is 44.3 Å². The highest BCUT2D eigenvalue weighted by Gasteiger charge is 2.40. The fourth-order valence-corrected chi connectivity index (χ4v) is 5.63. The zero-order valence-corrected chi connectivity index (χ0v) is 23.8. The molecule has 6 nitrogen and oxygen atoms in total. The number of nitrogens with zero attached hydrogens (tertiary/aromatic N) is 1. The van der Waals surface area contributed by atoms with E-state index in [0.717, 1.165) is 12.0 Å². The van der Waals surface area contributed by atoms with Crippen LogP contribution in [0.1, 0.15) is 54.6 Å². The standard InChI is InChI=1S/C30H26Cl3NO5/c1-30(2,36-3)29-23(28(34-39-29)27-24(31)5-4-6-25(27)32)15-37-19-11-12-20(26(33)13-19)22-14-21(22)17-7-9-18(10-8-17)38-16-35/h4-13,16,21-22H,14-15H2,1-3H3.